The average molecular weight is 274 g/mol. The Labute approximate surface area is 115 Å². The van der Waals surface area contributed by atoms with Crippen molar-refractivity contribution in [3.63, 3.8) is 0 Å². The van der Waals surface area contributed by atoms with E-state index >= 15 is 0 Å². The molecule has 0 aromatic heterocycles. The van der Waals surface area contributed by atoms with E-state index in [1.54, 1.807) is 0 Å². The van der Waals surface area contributed by atoms with E-state index in [-0.39, 0.29) is 17.4 Å². The van der Waals surface area contributed by atoms with Gasteiger partial charge in [-0.1, -0.05) is 67.6 Å². The molecular formula is C16H18O2S. The lowest BCUT2D eigenvalue weighted by atomic mass is 10.0. The molecule has 0 radical (unpaired) electrons. The maximum absolute atomic E-state index is 12.2. The molecule has 1 unspecified atom stereocenters. The van der Waals surface area contributed by atoms with E-state index in [1.807, 2.05) is 67.6 Å². The van der Waals surface area contributed by atoms with Gasteiger partial charge in [-0.05, 0) is 17.0 Å². The Hall–Kier alpha value is -1.61. The molecule has 2 aromatic carbocycles. The van der Waals surface area contributed by atoms with Gasteiger partial charge in [-0.15, -0.1) is 0 Å². The van der Waals surface area contributed by atoms with E-state index in [0.717, 1.165) is 11.1 Å². The van der Waals surface area contributed by atoms with Crippen LogP contribution in [-0.4, -0.2) is 14.2 Å². The van der Waals surface area contributed by atoms with E-state index < -0.39 is 9.84 Å². The Balaban J connectivity index is 2.06. The fraction of sp³-hybridized carbons (Fsp3) is 0.250. The van der Waals surface area contributed by atoms with Crippen LogP contribution >= 0.6 is 0 Å². The molecule has 0 spiro atoms. The lowest BCUT2D eigenvalue weighted by Crippen LogP contribution is -2.14. The summed E-state index contributed by atoms with van der Waals surface area (Å²) in [7, 11) is -3.08. The van der Waals surface area contributed by atoms with Crippen LogP contribution in [0.4, 0.5) is 0 Å². The second-order valence-electron chi connectivity index (χ2n) is 4.85. The summed E-state index contributed by atoms with van der Waals surface area (Å²) < 4.78 is 24.4. The lowest BCUT2D eigenvalue weighted by molar-refractivity contribution is 0.589. The highest BCUT2D eigenvalue weighted by molar-refractivity contribution is 7.90. The number of hydrogen-bond donors (Lipinski definition) is 0. The predicted octanol–water partition coefficient (Wildman–Crippen LogP) is 3.41. The van der Waals surface area contributed by atoms with E-state index in [2.05, 4.69) is 0 Å². The van der Waals surface area contributed by atoms with Crippen LogP contribution < -0.4 is 0 Å². The number of sulfone groups is 1. The van der Waals surface area contributed by atoms with Gasteiger partial charge < -0.3 is 0 Å². The van der Waals surface area contributed by atoms with E-state index in [9.17, 15) is 8.42 Å². The van der Waals surface area contributed by atoms with Crippen molar-refractivity contribution in [2.75, 3.05) is 5.75 Å². The molecule has 100 valence electrons. The van der Waals surface area contributed by atoms with Gasteiger partial charge in [-0.25, -0.2) is 8.42 Å². The van der Waals surface area contributed by atoms with Crippen molar-refractivity contribution in [1.29, 1.82) is 0 Å². The topological polar surface area (TPSA) is 34.1 Å². The molecule has 3 heteroatoms. The van der Waals surface area contributed by atoms with Crippen molar-refractivity contribution in [3.8, 4) is 0 Å². The maximum atomic E-state index is 12.2. The molecule has 2 aromatic rings. The van der Waals surface area contributed by atoms with Crippen molar-refractivity contribution in [2.45, 2.75) is 18.6 Å². The van der Waals surface area contributed by atoms with E-state index in [4.69, 9.17) is 0 Å². The van der Waals surface area contributed by atoms with Crippen molar-refractivity contribution >= 4 is 9.84 Å². The third-order valence-corrected chi connectivity index (χ3v) is 4.88. The van der Waals surface area contributed by atoms with Crippen LogP contribution in [0.2, 0.25) is 0 Å². The van der Waals surface area contributed by atoms with Gasteiger partial charge in [-0.3, -0.25) is 0 Å². The van der Waals surface area contributed by atoms with Crippen LogP contribution in [0.15, 0.2) is 60.7 Å². The van der Waals surface area contributed by atoms with Crippen LogP contribution in [0, 0.1) is 0 Å². The Bertz CT molecular complexity index is 604. The minimum atomic E-state index is -3.08. The average Bonchev–Trinajstić information content (AvgIpc) is 2.39. The molecule has 0 N–H and O–H groups in total. The van der Waals surface area contributed by atoms with Crippen LogP contribution in [0.1, 0.15) is 24.0 Å². The lowest BCUT2D eigenvalue weighted by Gasteiger charge is -2.12. The second-order valence-corrected chi connectivity index (χ2v) is 6.96. The van der Waals surface area contributed by atoms with Crippen LogP contribution in [0.3, 0.4) is 0 Å². The molecule has 2 rings (SSSR count). The smallest absolute Gasteiger partial charge is 0.155 e. The normalized spacial score (nSPS) is 13.1. The van der Waals surface area contributed by atoms with Crippen molar-refractivity contribution in [3.05, 3.63) is 71.8 Å². The highest BCUT2D eigenvalue weighted by Gasteiger charge is 2.17. The summed E-state index contributed by atoms with van der Waals surface area (Å²) in [5.41, 5.74) is 1.92. The SMILES string of the molecule is CC(CS(=O)(=O)Cc1ccccc1)c1ccccc1. The van der Waals surface area contributed by atoms with Crippen LogP contribution in [0.25, 0.3) is 0 Å². The standard InChI is InChI=1S/C16H18O2S/c1-14(16-10-6-3-7-11-16)12-19(17,18)13-15-8-4-2-5-9-15/h2-11,14H,12-13H2,1H3. The molecule has 0 saturated heterocycles. The highest BCUT2D eigenvalue weighted by Crippen LogP contribution is 2.18. The Morgan fingerprint density at radius 2 is 1.42 bits per heavy atom. The van der Waals surface area contributed by atoms with Gasteiger partial charge >= 0.3 is 0 Å². The molecule has 0 fully saturated rings. The van der Waals surface area contributed by atoms with Gasteiger partial charge in [0, 0.05) is 0 Å². The maximum Gasteiger partial charge on any atom is 0.155 e. The van der Waals surface area contributed by atoms with Gasteiger partial charge in [0.25, 0.3) is 0 Å². The summed E-state index contributed by atoms with van der Waals surface area (Å²) in [6.45, 7) is 1.96. The first-order chi connectivity index (χ1) is 9.07. The van der Waals surface area contributed by atoms with Crippen molar-refractivity contribution < 1.29 is 8.42 Å². The summed E-state index contributed by atoms with van der Waals surface area (Å²) >= 11 is 0. The second kappa shape index (κ2) is 6.02. The summed E-state index contributed by atoms with van der Waals surface area (Å²) in [5.74, 6) is 0.326. The highest BCUT2D eigenvalue weighted by atomic mass is 32.2. The first-order valence-corrected chi connectivity index (χ1v) is 8.18. The fourth-order valence-corrected chi connectivity index (χ4v) is 3.92. The molecule has 0 aliphatic heterocycles. The summed E-state index contributed by atoms with van der Waals surface area (Å²) in [6.07, 6.45) is 0. The molecule has 2 nitrogen and oxygen atoms in total. The van der Waals surface area contributed by atoms with Gasteiger partial charge in [0.2, 0.25) is 0 Å². The molecule has 1 atom stereocenters. The zero-order valence-corrected chi connectivity index (χ0v) is 11.8. The summed E-state index contributed by atoms with van der Waals surface area (Å²) in [5, 5.41) is 0. The molecule has 0 bridgehead atoms. The number of rotatable bonds is 5. The Kier molecular flexibility index (Phi) is 4.38. The summed E-state index contributed by atoms with van der Waals surface area (Å²) in [6, 6.07) is 19.1. The summed E-state index contributed by atoms with van der Waals surface area (Å²) in [4.78, 5) is 0. The zero-order valence-electron chi connectivity index (χ0n) is 11.0. The van der Waals surface area contributed by atoms with Crippen molar-refractivity contribution in [2.24, 2.45) is 0 Å². The molecule has 0 aliphatic carbocycles. The van der Waals surface area contributed by atoms with Gasteiger partial charge in [0.15, 0.2) is 9.84 Å². The van der Waals surface area contributed by atoms with Crippen LogP contribution in [0.5, 0.6) is 0 Å². The third-order valence-electron chi connectivity index (χ3n) is 3.10. The predicted molar refractivity (Wildman–Crippen MR) is 78.8 cm³/mol. The molecule has 0 amide bonds. The quantitative estimate of drug-likeness (QED) is 0.837. The molecule has 0 heterocycles. The Morgan fingerprint density at radius 3 is 2.00 bits per heavy atom. The van der Waals surface area contributed by atoms with Gasteiger partial charge in [0.1, 0.15) is 0 Å². The molecule has 0 saturated carbocycles. The third kappa shape index (κ3) is 4.21. The largest absolute Gasteiger partial charge is 0.228 e. The first kappa shape index (κ1) is 13.8. The van der Waals surface area contributed by atoms with E-state index in [1.165, 1.54) is 0 Å². The molecule has 0 aliphatic rings. The minimum absolute atomic E-state index is 0.0231. The monoisotopic (exact) mass is 274 g/mol. The van der Waals surface area contributed by atoms with Crippen molar-refractivity contribution in [1.82, 2.24) is 0 Å². The fourth-order valence-electron chi connectivity index (χ4n) is 2.15. The minimum Gasteiger partial charge on any atom is -0.228 e. The first-order valence-electron chi connectivity index (χ1n) is 6.36. The molecular weight excluding hydrogens is 256 g/mol. The van der Waals surface area contributed by atoms with E-state index in [0.29, 0.717) is 0 Å². The van der Waals surface area contributed by atoms with Gasteiger partial charge in [0.05, 0.1) is 11.5 Å². The number of benzene rings is 2. The number of hydrogen-bond acceptors (Lipinski definition) is 2. The van der Waals surface area contributed by atoms with Crippen LogP contribution in [-0.2, 0) is 15.6 Å². The molecule has 19 heavy (non-hydrogen) atoms. The van der Waals surface area contributed by atoms with Gasteiger partial charge in [-0.2, -0.15) is 0 Å². The Morgan fingerprint density at radius 1 is 0.895 bits per heavy atom. The zero-order chi connectivity index (χ0) is 13.7.